The molecule has 2 unspecified atom stereocenters. The molecule has 1 aromatic heterocycles. The Hall–Kier alpha value is -1.21. The van der Waals surface area contributed by atoms with Crippen molar-refractivity contribution in [1.82, 2.24) is 20.3 Å². The molecule has 0 bridgehead atoms. The summed E-state index contributed by atoms with van der Waals surface area (Å²) in [7, 11) is -1.70. The first-order valence-corrected chi connectivity index (χ1v) is 12.1. The lowest BCUT2D eigenvalue weighted by atomic mass is 10.2. The van der Waals surface area contributed by atoms with E-state index in [2.05, 4.69) is 56.4 Å². The number of likely N-dealkylation sites (tertiary alicyclic amines) is 1. The normalized spacial score (nSPS) is 20.0. The molecule has 10 heteroatoms. The maximum Gasteiger partial charge on any atom is 0.250 e. The number of benzene rings is 1. The number of guanidine groups is 1. The molecule has 7 nitrogen and oxygen atoms in total. The third-order valence-corrected chi connectivity index (χ3v) is 7.82. The molecule has 1 aliphatic rings. The molecule has 0 saturated carbocycles. The maximum atomic E-state index is 12.1. The van der Waals surface area contributed by atoms with Crippen molar-refractivity contribution in [3.05, 3.63) is 53.4 Å². The Balaban J connectivity index is 0.00000320. The van der Waals surface area contributed by atoms with Crippen molar-refractivity contribution in [1.29, 1.82) is 0 Å². The van der Waals surface area contributed by atoms with E-state index in [1.54, 1.807) is 24.6 Å². The van der Waals surface area contributed by atoms with Crippen molar-refractivity contribution in [2.75, 3.05) is 26.7 Å². The van der Waals surface area contributed by atoms with Gasteiger partial charge in [0.1, 0.15) is 4.21 Å². The number of nitrogens with one attached hydrogen (secondary N) is 3. The highest BCUT2D eigenvalue weighted by molar-refractivity contribution is 14.0. The van der Waals surface area contributed by atoms with Crippen LogP contribution in [-0.4, -0.2) is 58.0 Å². The SMILES string of the molecule is CN=C(NCCNS(=O)(=O)c1cccs1)NC1CC(C)N(Cc2ccccc2)C1.I. The average Bonchev–Trinajstić information content (AvgIpc) is 3.36. The maximum absolute atomic E-state index is 12.1. The Morgan fingerprint density at radius 1 is 1.20 bits per heavy atom. The van der Waals surface area contributed by atoms with Gasteiger partial charge in [-0.3, -0.25) is 9.89 Å². The summed E-state index contributed by atoms with van der Waals surface area (Å²) < 4.78 is 27.2. The van der Waals surface area contributed by atoms with Crippen LogP contribution in [0.25, 0.3) is 0 Å². The number of thiophene rings is 1. The van der Waals surface area contributed by atoms with Crippen LogP contribution in [-0.2, 0) is 16.6 Å². The summed E-state index contributed by atoms with van der Waals surface area (Å²) in [5.41, 5.74) is 1.32. The van der Waals surface area contributed by atoms with E-state index in [9.17, 15) is 8.42 Å². The zero-order chi connectivity index (χ0) is 20.7. The predicted molar refractivity (Wildman–Crippen MR) is 134 cm³/mol. The van der Waals surface area contributed by atoms with Gasteiger partial charge >= 0.3 is 0 Å². The van der Waals surface area contributed by atoms with Crippen LogP contribution in [0.3, 0.4) is 0 Å². The molecular weight excluding hydrogens is 533 g/mol. The van der Waals surface area contributed by atoms with E-state index in [4.69, 9.17) is 0 Å². The molecule has 2 heterocycles. The van der Waals surface area contributed by atoms with Gasteiger partial charge in [0.05, 0.1) is 0 Å². The van der Waals surface area contributed by atoms with Crippen molar-refractivity contribution in [2.24, 2.45) is 4.99 Å². The number of hydrogen-bond donors (Lipinski definition) is 3. The van der Waals surface area contributed by atoms with Gasteiger partial charge < -0.3 is 10.6 Å². The molecule has 3 rings (SSSR count). The number of nitrogens with zero attached hydrogens (tertiary/aromatic N) is 2. The van der Waals surface area contributed by atoms with Crippen LogP contribution in [0.1, 0.15) is 18.9 Å². The number of halogens is 1. The number of rotatable bonds is 8. The van der Waals surface area contributed by atoms with Crippen molar-refractivity contribution < 1.29 is 8.42 Å². The van der Waals surface area contributed by atoms with E-state index in [-0.39, 0.29) is 24.0 Å². The Morgan fingerprint density at radius 2 is 1.97 bits per heavy atom. The highest BCUT2D eigenvalue weighted by atomic mass is 127. The van der Waals surface area contributed by atoms with Crippen LogP contribution < -0.4 is 15.4 Å². The fourth-order valence-corrected chi connectivity index (χ4v) is 5.55. The van der Waals surface area contributed by atoms with E-state index in [1.807, 2.05) is 6.07 Å². The van der Waals surface area contributed by atoms with Crippen molar-refractivity contribution in [2.45, 2.75) is 36.2 Å². The molecule has 30 heavy (non-hydrogen) atoms. The van der Waals surface area contributed by atoms with Gasteiger partial charge in [0.2, 0.25) is 10.0 Å². The summed E-state index contributed by atoms with van der Waals surface area (Å²) in [4.78, 5) is 6.74. The summed E-state index contributed by atoms with van der Waals surface area (Å²) in [5, 5.41) is 8.40. The second-order valence-corrected chi connectivity index (χ2v) is 10.1. The molecule has 166 valence electrons. The Labute approximate surface area is 200 Å². The van der Waals surface area contributed by atoms with Crippen LogP contribution in [0.15, 0.2) is 57.0 Å². The smallest absolute Gasteiger partial charge is 0.250 e. The van der Waals surface area contributed by atoms with Gasteiger partial charge in [0, 0.05) is 45.3 Å². The predicted octanol–water partition coefficient (Wildman–Crippen LogP) is 2.47. The zero-order valence-corrected chi connectivity index (χ0v) is 21.2. The van der Waals surface area contributed by atoms with E-state index in [0.717, 1.165) is 19.5 Å². The van der Waals surface area contributed by atoms with Crippen LogP contribution in [0, 0.1) is 0 Å². The minimum Gasteiger partial charge on any atom is -0.355 e. The van der Waals surface area contributed by atoms with Gasteiger partial charge in [0.25, 0.3) is 0 Å². The second-order valence-electron chi connectivity index (χ2n) is 7.17. The summed E-state index contributed by atoms with van der Waals surface area (Å²) in [6.07, 6.45) is 1.04. The first-order chi connectivity index (χ1) is 14.0. The molecule has 1 aromatic carbocycles. The lowest BCUT2D eigenvalue weighted by Gasteiger charge is -2.21. The van der Waals surface area contributed by atoms with Gasteiger partial charge in [-0.05, 0) is 30.4 Å². The monoisotopic (exact) mass is 563 g/mol. The molecule has 0 spiro atoms. The average molecular weight is 564 g/mol. The molecule has 0 radical (unpaired) electrons. The van der Waals surface area contributed by atoms with E-state index in [1.165, 1.54) is 16.9 Å². The minimum absolute atomic E-state index is 0. The molecule has 3 N–H and O–H groups in total. The molecule has 2 aromatic rings. The molecule has 0 amide bonds. The van der Waals surface area contributed by atoms with Gasteiger partial charge in [0.15, 0.2) is 5.96 Å². The summed E-state index contributed by atoms with van der Waals surface area (Å²) in [6, 6.07) is 14.6. The third-order valence-electron chi connectivity index (χ3n) is 4.97. The van der Waals surface area contributed by atoms with Crippen molar-refractivity contribution in [3.8, 4) is 0 Å². The quantitative estimate of drug-likeness (QED) is 0.199. The molecule has 1 fully saturated rings. The highest BCUT2D eigenvalue weighted by Crippen LogP contribution is 2.20. The Kier molecular flexibility index (Phi) is 10.0. The van der Waals surface area contributed by atoms with Gasteiger partial charge in [-0.2, -0.15) is 0 Å². The fraction of sp³-hybridized carbons (Fsp3) is 0.450. The fourth-order valence-electron chi connectivity index (χ4n) is 3.48. The summed E-state index contributed by atoms with van der Waals surface area (Å²) in [6.45, 7) is 4.89. The molecule has 2 atom stereocenters. The van der Waals surface area contributed by atoms with Crippen molar-refractivity contribution in [3.63, 3.8) is 0 Å². The zero-order valence-electron chi connectivity index (χ0n) is 17.2. The standard InChI is InChI=1S/C20H29N5O2S2.HI/c1-16-13-18(15-25(16)14-17-7-4-3-5-8-17)24-20(21-2)22-10-11-23-29(26,27)19-9-6-12-28-19;/h3-9,12,16,18,23H,10-11,13-15H2,1-2H3,(H2,21,22,24);1H. The lowest BCUT2D eigenvalue weighted by molar-refractivity contribution is 0.258. The molecule has 1 aliphatic heterocycles. The number of aliphatic imine (C=N–C) groups is 1. The van der Waals surface area contributed by atoms with Crippen LogP contribution in [0.4, 0.5) is 0 Å². The van der Waals surface area contributed by atoms with E-state index < -0.39 is 10.0 Å². The first-order valence-electron chi connectivity index (χ1n) is 9.76. The van der Waals surface area contributed by atoms with Crippen LogP contribution in [0.2, 0.25) is 0 Å². The van der Waals surface area contributed by atoms with Crippen molar-refractivity contribution >= 4 is 51.3 Å². The Bertz CT molecular complexity index is 891. The van der Waals surface area contributed by atoms with Crippen LogP contribution in [0.5, 0.6) is 0 Å². The Morgan fingerprint density at radius 3 is 2.63 bits per heavy atom. The molecular formula is C20H30IN5O2S2. The lowest BCUT2D eigenvalue weighted by Crippen LogP contribution is -2.46. The van der Waals surface area contributed by atoms with E-state index >= 15 is 0 Å². The topological polar surface area (TPSA) is 85.8 Å². The summed E-state index contributed by atoms with van der Waals surface area (Å²) >= 11 is 1.21. The second kappa shape index (κ2) is 12.0. The summed E-state index contributed by atoms with van der Waals surface area (Å²) in [5.74, 6) is 0.694. The van der Waals surface area contributed by atoms with E-state index in [0.29, 0.717) is 35.3 Å². The van der Waals surface area contributed by atoms with Gasteiger partial charge in [-0.1, -0.05) is 36.4 Å². The van der Waals surface area contributed by atoms with Gasteiger partial charge in [-0.15, -0.1) is 35.3 Å². The number of sulfonamides is 1. The van der Waals surface area contributed by atoms with Crippen LogP contribution >= 0.6 is 35.3 Å². The molecule has 1 saturated heterocycles. The minimum atomic E-state index is -3.43. The third kappa shape index (κ3) is 7.19. The molecule has 0 aliphatic carbocycles. The largest absolute Gasteiger partial charge is 0.355 e. The highest BCUT2D eigenvalue weighted by Gasteiger charge is 2.29. The number of hydrogen-bond acceptors (Lipinski definition) is 5. The first kappa shape index (κ1) is 25.1. The van der Waals surface area contributed by atoms with Gasteiger partial charge in [-0.25, -0.2) is 13.1 Å².